The van der Waals surface area contributed by atoms with Gasteiger partial charge in [0, 0.05) is 12.3 Å². The van der Waals surface area contributed by atoms with Gasteiger partial charge in [-0.2, -0.15) is 0 Å². The predicted molar refractivity (Wildman–Crippen MR) is 63.7 cm³/mol. The Morgan fingerprint density at radius 1 is 1.41 bits per heavy atom. The molecule has 1 aromatic rings. The Balaban J connectivity index is 2.31. The maximum Gasteiger partial charge on any atom is 0.190 e. The van der Waals surface area contributed by atoms with Gasteiger partial charge < -0.3 is 9.47 Å². The van der Waals surface area contributed by atoms with Crippen LogP contribution in [-0.4, -0.2) is 23.0 Å². The van der Waals surface area contributed by atoms with Gasteiger partial charge in [-0.3, -0.25) is 4.79 Å². The van der Waals surface area contributed by atoms with Crippen molar-refractivity contribution in [3.8, 4) is 11.5 Å². The van der Waals surface area contributed by atoms with Gasteiger partial charge in [-0.15, -0.1) is 0 Å². The Morgan fingerprint density at radius 2 is 2.12 bits per heavy atom. The molecule has 0 spiro atoms. The van der Waals surface area contributed by atoms with Crippen LogP contribution in [0.3, 0.4) is 0 Å². The number of hydrogen-bond acceptors (Lipinski definition) is 4. The molecule has 0 radical (unpaired) electrons. The molecular weight excluding hydrogens is 218 g/mol. The number of ether oxygens (including phenoxy) is 2. The predicted octanol–water partition coefficient (Wildman–Crippen LogP) is 2.61. The van der Waals surface area contributed by atoms with Crippen molar-refractivity contribution in [2.24, 2.45) is 0 Å². The zero-order valence-corrected chi connectivity index (χ0v) is 10.4. The van der Waals surface area contributed by atoms with Crippen LogP contribution < -0.4 is 9.47 Å². The summed E-state index contributed by atoms with van der Waals surface area (Å²) in [5.74, 6) is 1.06. The van der Waals surface area contributed by atoms with E-state index in [1.807, 2.05) is 20.8 Å². The van der Waals surface area contributed by atoms with Crippen LogP contribution in [0.5, 0.6) is 11.5 Å². The minimum absolute atomic E-state index is 0.209. The van der Waals surface area contributed by atoms with E-state index in [-0.39, 0.29) is 11.7 Å². The molecule has 17 heavy (non-hydrogen) atoms. The molecule has 0 saturated heterocycles. The Morgan fingerprint density at radius 3 is 2.65 bits per heavy atom. The fourth-order valence-electron chi connectivity index (χ4n) is 1.41. The molecule has 1 fully saturated rings. The van der Waals surface area contributed by atoms with Gasteiger partial charge in [-0.1, -0.05) is 0 Å². The van der Waals surface area contributed by atoms with Gasteiger partial charge in [0.05, 0.1) is 6.10 Å². The van der Waals surface area contributed by atoms with Crippen molar-refractivity contribution in [2.45, 2.75) is 45.3 Å². The van der Waals surface area contributed by atoms with Crippen molar-refractivity contribution in [3.05, 3.63) is 18.0 Å². The fourth-order valence-corrected chi connectivity index (χ4v) is 1.41. The van der Waals surface area contributed by atoms with Crippen molar-refractivity contribution >= 4 is 6.29 Å². The maximum atomic E-state index is 10.9. The lowest BCUT2D eigenvalue weighted by Crippen LogP contribution is -2.23. The first-order valence-corrected chi connectivity index (χ1v) is 5.79. The third-order valence-corrected chi connectivity index (χ3v) is 2.23. The van der Waals surface area contributed by atoms with Gasteiger partial charge in [0.2, 0.25) is 0 Å². The van der Waals surface area contributed by atoms with E-state index in [1.54, 1.807) is 12.3 Å². The van der Waals surface area contributed by atoms with E-state index in [2.05, 4.69) is 4.98 Å². The number of aldehydes is 1. The van der Waals surface area contributed by atoms with Gasteiger partial charge in [0.25, 0.3) is 0 Å². The molecule has 92 valence electrons. The Kier molecular flexibility index (Phi) is 3.05. The zero-order valence-electron chi connectivity index (χ0n) is 10.4. The molecule has 4 heteroatoms. The second kappa shape index (κ2) is 4.35. The molecule has 0 amide bonds. The molecule has 1 aliphatic rings. The molecule has 0 aliphatic heterocycles. The fraction of sp³-hybridized carbons (Fsp3) is 0.538. The monoisotopic (exact) mass is 235 g/mol. The van der Waals surface area contributed by atoms with Gasteiger partial charge >= 0.3 is 0 Å². The van der Waals surface area contributed by atoms with Crippen LogP contribution >= 0.6 is 0 Å². The number of nitrogens with zero attached hydrogens (tertiary/aromatic N) is 1. The average Bonchev–Trinajstić information content (AvgIpc) is 3.02. The van der Waals surface area contributed by atoms with Gasteiger partial charge in [0.15, 0.2) is 17.8 Å². The molecule has 0 bridgehead atoms. The molecule has 0 atom stereocenters. The third kappa shape index (κ3) is 3.19. The van der Waals surface area contributed by atoms with E-state index >= 15 is 0 Å². The molecule has 4 nitrogen and oxygen atoms in total. The highest BCUT2D eigenvalue weighted by atomic mass is 16.5. The van der Waals surface area contributed by atoms with Crippen LogP contribution in [0.4, 0.5) is 0 Å². The quantitative estimate of drug-likeness (QED) is 0.753. The van der Waals surface area contributed by atoms with E-state index < -0.39 is 0 Å². The van der Waals surface area contributed by atoms with Gasteiger partial charge in [0.1, 0.15) is 11.3 Å². The van der Waals surface area contributed by atoms with Crippen LogP contribution in [-0.2, 0) is 0 Å². The highest BCUT2D eigenvalue weighted by molar-refractivity contribution is 5.78. The molecular formula is C13H17NO3. The van der Waals surface area contributed by atoms with Crippen molar-refractivity contribution in [2.75, 3.05) is 0 Å². The lowest BCUT2D eigenvalue weighted by atomic mass is 10.2. The standard InChI is InChI=1S/C13H17NO3/c1-13(2,3)17-11-6-7-14-10(8-15)12(11)16-9-4-5-9/h6-9H,4-5H2,1-3H3. The van der Waals surface area contributed by atoms with Gasteiger partial charge in [-0.25, -0.2) is 4.98 Å². The Hall–Kier alpha value is -1.58. The van der Waals surface area contributed by atoms with E-state index in [9.17, 15) is 4.79 Å². The lowest BCUT2D eigenvalue weighted by Gasteiger charge is -2.23. The number of hydrogen-bond donors (Lipinski definition) is 0. The molecule has 1 saturated carbocycles. The summed E-state index contributed by atoms with van der Waals surface area (Å²) < 4.78 is 11.5. The summed E-state index contributed by atoms with van der Waals surface area (Å²) in [5, 5.41) is 0. The first-order valence-electron chi connectivity index (χ1n) is 5.79. The van der Waals surface area contributed by atoms with Crippen molar-refractivity contribution in [3.63, 3.8) is 0 Å². The summed E-state index contributed by atoms with van der Waals surface area (Å²) in [4.78, 5) is 14.9. The summed E-state index contributed by atoms with van der Waals surface area (Å²) in [6.07, 6.45) is 4.53. The highest BCUT2D eigenvalue weighted by Gasteiger charge is 2.27. The molecule has 1 heterocycles. The Bertz CT molecular complexity index is 419. The van der Waals surface area contributed by atoms with Crippen molar-refractivity contribution < 1.29 is 14.3 Å². The lowest BCUT2D eigenvalue weighted by molar-refractivity contribution is 0.109. The van der Waals surface area contributed by atoms with E-state index in [0.29, 0.717) is 23.5 Å². The number of carbonyl (C=O) groups excluding carboxylic acids is 1. The van der Waals surface area contributed by atoms with Gasteiger partial charge in [-0.05, 0) is 33.6 Å². The molecule has 0 unspecified atom stereocenters. The normalized spacial score (nSPS) is 15.5. The minimum atomic E-state index is -0.330. The number of pyridine rings is 1. The summed E-state index contributed by atoms with van der Waals surface area (Å²) in [6, 6.07) is 1.73. The highest BCUT2D eigenvalue weighted by Crippen LogP contribution is 2.36. The topological polar surface area (TPSA) is 48.4 Å². The van der Waals surface area contributed by atoms with E-state index in [4.69, 9.17) is 9.47 Å². The van der Waals surface area contributed by atoms with Crippen LogP contribution in [0.2, 0.25) is 0 Å². The van der Waals surface area contributed by atoms with E-state index in [0.717, 1.165) is 12.8 Å². The number of carbonyl (C=O) groups is 1. The molecule has 1 aliphatic carbocycles. The summed E-state index contributed by atoms with van der Waals surface area (Å²) >= 11 is 0. The van der Waals surface area contributed by atoms with Crippen molar-refractivity contribution in [1.82, 2.24) is 4.98 Å². The zero-order chi connectivity index (χ0) is 12.5. The molecule has 2 rings (SSSR count). The van der Waals surface area contributed by atoms with Crippen molar-refractivity contribution in [1.29, 1.82) is 0 Å². The average molecular weight is 235 g/mol. The SMILES string of the molecule is CC(C)(C)Oc1ccnc(C=O)c1OC1CC1. The number of aromatic nitrogens is 1. The van der Waals surface area contributed by atoms with Crippen LogP contribution in [0, 0.1) is 0 Å². The first kappa shape index (κ1) is 11.9. The number of rotatable bonds is 4. The summed E-state index contributed by atoms with van der Waals surface area (Å²) in [6.45, 7) is 5.86. The summed E-state index contributed by atoms with van der Waals surface area (Å²) in [7, 11) is 0. The second-order valence-electron chi connectivity index (χ2n) is 5.17. The molecule has 1 aromatic heterocycles. The summed E-state index contributed by atoms with van der Waals surface area (Å²) in [5.41, 5.74) is -0.0259. The van der Waals surface area contributed by atoms with Crippen LogP contribution in [0.1, 0.15) is 44.1 Å². The van der Waals surface area contributed by atoms with E-state index in [1.165, 1.54) is 0 Å². The minimum Gasteiger partial charge on any atom is -0.484 e. The third-order valence-electron chi connectivity index (χ3n) is 2.23. The maximum absolute atomic E-state index is 10.9. The molecule has 0 N–H and O–H groups in total. The second-order valence-corrected chi connectivity index (χ2v) is 5.17. The van der Waals surface area contributed by atoms with Crippen LogP contribution in [0.15, 0.2) is 12.3 Å². The first-order chi connectivity index (χ1) is 7.99. The smallest absolute Gasteiger partial charge is 0.190 e. The largest absolute Gasteiger partial charge is 0.484 e. The molecule has 0 aromatic carbocycles. The Labute approximate surface area is 101 Å². The van der Waals surface area contributed by atoms with Crippen LogP contribution in [0.25, 0.3) is 0 Å².